The van der Waals surface area contributed by atoms with Crippen molar-refractivity contribution in [3.63, 3.8) is 0 Å². The van der Waals surface area contributed by atoms with Crippen molar-refractivity contribution in [2.75, 3.05) is 13.2 Å². The molecule has 1 aromatic carbocycles. The van der Waals surface area contributed by atoms with Gasteiger partial charge in [0.15, 0.2) is 5.78 Å². The van der Waals surface area contributed by atoms with E-state index in [0.29, 0.717) is 29.8 Å². The molecule has 0 radical (unpaired) electrons. The van der Waals surface area contributed by atoms with Gasteiger partial charge in [-0.2, -0.15) is 0 Å². The van der Waals surface area contributed by atoms with Crippen LogP contribution in [0.4, 0.5) is 5.69 Å². The number of ether oxygens (including phenoxy) is 2. The van der Waals surface area contributed by atoms with Crippen molar-refractivity contribution < 1.29 is 28.8 Å². The molecule has 182 valence electrons. The Labute approximate surface area is 198 Å². The van der Waals surface area contributed by atoms with Crippen LogP contribution in [0, 0.1) is 22.0 Å². The third-order valence-corrected chi connectivity index (χ3v) is 6.12. The highest BCUT2D eigenvalue weighted by Gasteiger charge is 2.47. The monoisotopic (exact) mass is 470 g/mol. The molecule has 1 aliphatic heterocycles. The van der Waals surface area contributed by atoms with Gasteiger partial charge in [0.1, 0.15) is 5.92 Å². The number of ketones is 1. The normalized spacial score (nSPS) is 22.1. The Morgan fingerprint density at radius 3 is 2.50 bits per heavy atom. The van der Waals surface area contributed by atoms with Crippen molar-refractivity contribution in [2.45, 2.75) is 52.9 Å². The molecule has 3 atom stereocenters. The highest BCUT2D eigenvalue weighted by molar-refractivity contribution is 6.12. The number of hydrogen-bond acceptors (Lipinski definition) is 8. The third kappa shape index (κ3) is 4.73. The van der Waals surface area contributed by atoms with Crippen LogP contribution in [0.2, 0.25) is 0 Å². The third-order valence-electron chi connectivity index (χ3n) is 6.12. The Kier molecular flexibility index (Phi) is 7.86. The first-order valence-corrected chi connectivity index (χ1v) is 11.6. The van der Waals surface area contributed by atoms with Gasteiger partial charge in [-0.1, -0.05) is 32.4 Å². The van der Waals surface area contributed by atoms with E-state index < -0.39 is 34.5 Å². The summed E-state index contributed by atoms with van der Waals surface area (Å²) in [5, 5.41) is 14.8. The zero-order chi connectivity index (χ0) is 25.0. The van der Waals surface area contributed by atoms with E-state index in [4.69, 9.17) is 9.47 Å². The van der Waals surface area contributed by atoms with Gasteiger partial charge in [0.05, 0.1) is 23.7 Å². The maximum absolute atomic E-state index is 13.8. The molecule has 3 rings (SSSR count). The van der Waals surface area contributed by atoms with Crippen LogP contribution >= 0.6 is 0 Å². The molecule has 9 nitrogen and oxygen atoms in total. The minimum Gasteiger partial charge on any atom is -0.465 e. The largest absolute Gasteiger partial charge is 0.465 e. The van der Waals surface area contributed by atoms with Crippen molar-refractivity contribution in [1.29, 1.82) is 0 Å². The quantitative estimate of drug-likeness (QED) is 0.262. The number of hydrogen-bond donors (Lipinski definition) is 1. The first-order valence-electron chi connectivity index (χ1n) is 11.6. The molecule has 1 aliphatic carbocycles. The Balaban J connectivity index is 2.25. The molecule has 1 N–H and O–H groups in total. The first kappa shape index (κ1) is 25.1. The molecule has 9 heteroatoms. The maximum atomic E-state index is 13.8. The predicted molar refractivity (Wildman–Crippen MR) is 123 cm³/mol. The smallest absolute Gasteiger partial charge is 0.336 e. The second-order valence-corrected chi connectivity index (χ2v) is 8.44. The Bertz CT molecular complexity index is 1070. The van der Waals surface area contributed by atoms with Gasteiger partial charge in [-0.3, -0.25) is 19.7 Å². The number of carbonyl (C=O) groups excluding carboxylic acids is 3. The highest BCUT2D eigenvalue weighted by atomic mass is 16.6. The fourth-order valence-corrected chi connectivity index (χ4v) is 4.75. The standard InChI is InChI=1S/C25H30N2O7/c1-5-9-17-22(25(30)34-7-3)20(15-10-8-11-16(13-15)27(31)32)21-18(26-17)12-14(4)19(23(21)28)24(29)33-6-2/h8,10-11,13-14,19-20,26H,5-7,9,12H2,1-4H3. The summed E-state index contributed by atoms with van der Waals surface area (Å²) in [6.45, 7) is 7.42. The van der Waals surface area contributed by atoms with Gasteiger partial charge in [0.25, 0.3) is 5.69 Å². The van der Waals surface area contributed by atoms with Crippen LogP contribution in [-0.4, -0.2) is 35.9 Å². The number of allylic oxidation sites excluding steroid dienone is 3. The summed E-state index contributed by atoms with van der Waals surface area (Å²) in [4.78, 5) is 50.6. The average Bonchev–Trinajstić information content (AvgIpc) is 2.78. The number of nitro benzene ring substituents is 1. The number of nitrogens with one attached hydrogen (secondary N) is 1. The lowest BCUT2D eigenvalue weighted by molar-refractivity contribution is -0.384. The Morgan fingerprint density at radius 2 is 1.88 bits per heavy atom. The first-order chi connectivity index (χ1) is 16.2. The van der Waals surface area contributed by atoms with Gasteiger partial charge in [0.2, 0.25) is 0 Å². The lowest BCUT2D eigenvalue weighted by Gasteiger charge is -2.39. The van der Waals surface area contributed by atoms with Crippen molar-refractivity contribution in [3.8, 4) is 0 Å². The summed E-state index contributed by atoms with van der Waals surface area (Å²) in [6, 6.07) is 5.90. The lowest BCUT2D eigenvalue weighted by Crippen LogP contribution is -2.43. The zero-order valence-electron chi connectivity index (χ0n) is 19.9. The van der Waals surface area contributed by atoms with E-state index in [-0.39, 0.29) is 36.0 Å². The fraction of sp³-hybridized carbons (Fsp3) is 0.480. The number of rotatable bonds is 8. The van der Waals surface area contributed by atoms with Crippen LogP contribution in [0.25, 0.3) is 0 Å². The van der Waals surface area contributed by atoms with Crippen molar-refractivity contribution in [3.05, 3.63) is 62.5 Å². The molecule has 1 heterocycles. The zero-order valence-corrected chi connectivity index (χ0v) is 19.9. The van der Waals surface area contributed by atoms with Crippen LogP contribution < -0.4 is 5.32 Å². The molecule has 3 unspecified atom stereocenters. The van der Waals surface area contributed by atoms with Gasteiger partial charge in [-0.25, -0.2) is 4.79 Å². The van der Waals surface area contributed by atoms with Crippen molar-refractivity contribution in [2.24, 2.45) is 11.8 Å². The van der Waals surface area contributed by atoms with E-state index >= 15 is 0 Å². The number of non-ortho nitro benzene ring substituents is 1. The molecule has 2 aliphatic rings. The van der Waals surface area contributed by atoms with E-state index in [1.54, 1.807) is 19.9 Å². The van der Waals surface area contributed by atoms with E-state index in [1.165, 1.54) is 18.2 Å². The number of carbonyl (C=O) groups is 3. The molecule has 0 fully saturated rings. The molecule has 0 bridgehead atoms. The van der Waals surface area contributed by atoms with Crippen LogP contribution in [-0.2, 0) is 23.9 Å². The molecule has 0 saturated heterocycles. The summed E-state index contributed by atoms with van der Waals surface area (Å²) < 4.78 is 10.5. The number of esters is 2. The average molecular weight is 471 g/mol. The molecule has 0 spiro atoms. The summed E-state index contributed by atoms with van der Waals surface area (Å²) >= 11 is 0. The minimum absolute atomic E-state index is 0.131. The van der Waals surface area contributed by atoms with Crippen LogP contribution in [0.3, 0.4) is 0 Å². The molecule has 0 amide bonds. The summed E-state index contributed by atoms with van der Waals surface area (Å²) in [6.07, 6.45) is 1.66. The number of nitrogens with zero attached hydrogens (tertiary/aromatic N) is 1. The molecule has 0 aromatic heterocycles. The Morgan fingerprint density at radius 1 is 1.18 bits per heavy atom. The number of nitro groups is 1. The topological polar surface area (TPSA) is 125 Å². The van der Waals surface area contributed by atoms with Crippen LogP contribution in [0.5, 0.6) is 0 Å². The maximum Gasteiger partial charge on any atom is 0.336 e. The molecular formula is C25H30N2O7. The predicted octanol–water partition coefficient (Wildman–Crippen LogP) is 3.94. The van der Waals surface area contributed by atoms with Gasteiger partial charge in [-0.05, 0) is 38.2 Å². The van der Waals surface area contributed by atoms with Crippen LogP contribution in [0.15, 0.2) is 46.8 Å². The fourth-order valence-electron chi connectivity index (χ4n) is 4.75. The van der Waals surface area contributed by atoms with E-state index in [1.807, 2.05) is 13.8 Å². The van der Waals surface area contributed by atoms with Gasteiger partial charge in [0, 0.05) is 35.0 Å². The second-order valence-electron chi connectivity index (χ2n) is 8.44. The van der Waals surface area contributed by atoms with Crippen molar-refractivity contribution in [1.82, 2.24) is 5.32 Å². The number of dihydropyridines is 1. The van der Waals surface area contributed by atoms with E-state index in [2.05, 4.69) is 5.32 Å². The second kappa shape index (κ2) is 10.6. The SMILES string of the molecule is CCCC1=C(C(=O)OCC)C(c2cccc([N+](=O)[O-])c2)C2=C(CC(C)C(C(=O)OCC)C2=O)N1. The molecule has 0 saturated carbocycles. The summed E-state index contributed by atoms with van der Waals surface area (Å²) in [5.41, 5.74) is 2.03. The summed E-state index contributed by atoms with van der Waals surface area (Å²) in [7, 11) is 0. The van der Waals surface area contributed by atoms with Crippen molar-refractivity contribution >= 4 is 23.4 Å². The minimum atomic E-state index is -1.02. The van der Waals surface area contributed by atoms with Gasteiger partial charge >= 0.3 is 11.9 Å². The van der Waals surface area contributed by atoms with E-state index in [9.17, 15) is 24.5 Å². The van der Waals surface area contributed by atoms with E-state index in [0.717, 1.165) is 6.42 Å². The highest BCUT2D eigenvalue weighted by Crippen LogP contribution is 2.46. The number of benzene rings is 1. The van der Waals surface area contributed by atoms with Crippen LogP contribution in [0.1, 0.15) is 58.4 Å². The molecule has 34 heavy (non-hydrogen) atoms. The van der Waals surface area contributed by atoms with Gasteiger partial charge in [-0.15, -0.1) is 0 Å². The number of Topliss-reactive ketones (excluding diaryl/α,β-unsaturated/α-hetero) is 1. The lowest BCUT2D eigenvalue weighted by atomic mass is 9.69. The molecular weight excluding hydrogens is 440 g/mol. The molecule has 1 aromatic rings. The Hall–Kier alpha value is -3.49. The van der Waals surface area contributed by atoms with Gasteiger partial charge < -0.3 is 14.8 Å². The summed E-state index contributed by atoms with van der Waals surface area (Å²) in [5.74, 6) is -3.86.